The van der Waals surface area contributed by atoms with Crippen LogP contribution in [0.3, 0.4) is 0 Å². The Labute approximate surface area is 78.8 Å². The highest BCUT2D eigenvalue weighted by molar-refractivity contribution is 6.29. The van der Waals surface area contributed by atoms with Crippen LogP contribution in [0.4, 0.5) is 0 Å². The molecule has 0 aliphatic heterocycles. The predicted molar refractivity (Wildman–Crippen MR) is 52.4 cm³/mol. The van der Waals surface area contributed by atoms with Crippen LogP contribution in [0, 0.1) is 5.92 Å². The number of nitrogens with zero attached hydrogens (tertiary/aromatic N) is 1. The van der Waals surface area contributed by atoms with Gasteiger partial charge in [0.2, 0.25) is 0 Å². The second-order valence-electron chi connectivity index (χ2n) is 3.20. The molecule has 0 amide bonds. The Balaban J connectivity index is 2.63. The molecule has 0 radical (unpaired) electrons. The molecule has 0 spiro atoms. The molecule has 66 valence electrons. The highest BCUT2D eigenvalue weighted by atomic mass is 35.5. The first-order valence-electron chi connectivity index (χ1n) is 4.32. The van der Waals surface area contributed by atoms with Crippen LogP contribution in [0.25, 0.3) is 0 Å². The molecule has 2 heteroatoms. The summed E-state index contributed by atoms with van der Waals surface area (Å²) in [5.41, 5.74) is 1.28. The lowest BCUT2D eigenvalue weighted by Crippen LogP contribution is -1.97. The average molecular weight is 184 g/mol. The highest BCUT2D eigenvalue weighted by Crippen LogP contribution is 2.13. The van der Waals surface area contributed by atoms with E-state index in [2.05, 4.69) is 18.8 Å². The third-order valence-electron chi connectivity index (χ3n) is 2.07. The van der Waals surface area contributed by atoms with Crippen molar-refractivity contribution in [2.45, 2.75) is 26.7 Å². The van der Waals surface area contributed by atoms with Gasteiger partial charge in [-0.05, 0) is 30.0 Å². The predicted octanol–water partition coefficient (Wildman–Crippen LogP) is 3.32. The van der Waals surface area contributed by atoms with Crippen molar-refractivity contribution >= 4 is 11.6 Å². The summed E-state index contributed by atoms with van der Waals surface area (Å²) in [4.78, 5) is 3.94. The van der Waals surface area contributed by atoms with E-state index in [-0.39, 0.29) is 0 Å². The van der Waals surface area contributed by atoms with Crippen LogP contribution >= 0.6 is 11.6 Å². The Morgan fingerprint density at radius 1 is 1.58 bits per heavy atom. The lowest BCUT2D eigenvalue weighted by molar-refractivity contribution is 0.560. The number of halogens is 1. The normalized spacial score (nSPS) is 12.9. The van der Waals surface area contributed by atoms with Gasteiger partial charge in [-0.3, -0.25) is 0 Å². The molecule has 0 N–H and O–H groups in total. The second-order valence-corrected chi connectivity index (χ2v) is 3.59. The minimum atomic E-state index is 0.593. The van der Waals surface area contributed by atoms with E-state index >= 15 is 0 Å². The van der Waals surface area contributed by atoms with Crippen molar-refractivity contribution < 1.29 is 0 Å². The largest absolute Gasteiger partial charge is 0.245 e. The number of rotatable bonds is 3. The molecule has 12 heavy (non-hydrogen) atoms. The van der Waals surface area contributed by atoms with Crippen molar-refractivity contribution in [2.24, 2.45) is 5.92 Å². The summed E-state index contributed by atoms with van der Waals surface area (Å²) in [5.74, 6) is 0.725. The minimum Gasteiger partial charge on any atom is -0.245 e. The van der Waals surface area contributed by atoms with E-state index in [4.69, 9.17) is 11.6 Å². The van der Waals surface area contributed by atoms with E-state index < -0.39 is 0 Å². The van der Waals surface area contributed by atoms with Gasteiger partial charge in [-0.25, -0.2) is 4.98 Å². The minimum absolute atomic E-state index is 0.593. The van der Waals surface area contributed by atoms with Gasteiger partial charge < -0.3 is 0 Å². The Kier molecular flexibility index (Phi) is 3.54. The fourth-order valence-electron chi connectivity index (χ4n) is 1.12. The molecule has 1 aromatic rings. The van der Waals surface area contributed by atoms with E-state index in [1.54, 1.807) is 6.20 Å². The standard InChI is InChI=1S/C10H14ClN/c1-3-8(2)6-9-4-5-12-10(11)7-9/h4-5,7-8H,3,6H2,1-2H3. The SMILES string of the molecule is CCC(C)Cc1ccnc(Cl)c1. The Bertz CT molecular complexity index is 247. The van der Waals surface area contributed by atoms with Crippen molar-refractivity contribution in [2.75, 3.05) is 0 Å². The van der Waals surface area contributed by atoms with E-state index in [9.17, 15) is 0 Å². The van der Waals surface area contributed by atoms with Crippen LogP contribution in [0.2, 0.25) is 5.15 Å². The maximum atomic E-state index is 5.76. The molecule has 0 aromatic carbocycles. The van der Waals surface area contributed by atoms with Crippen molar-refractivity contribution in [3.8, 4) is 0 Å². The van der Waals surface area contributed by atoms with Crippen molar-refractivity contribution in [1.29, 1.82) is 0 Å². The molecule has 1 aromatic heterocycles. The van der Waals surface area contributed by atoms with Crippen molar-refractivity contribution in [3.63, 3.8) is 0 Å². The first kappa shape index (κ1) is 9.53. The lowest BCUT2D eigenvalue weighted by atomic mass is 10.00. The molecule has 0 saturated carbocycles. The van der Waals surface area contributed by atoms with Gasteiger partial charge in [0.15, 0.2) is 0 Å². The average Bonchev–Trinajstić information content (AvgIpc) is 2.04. The molecule has 1 atom stereocenters. The molecular weight excluding hydrogens is 170 g/mol. The lowest BCUT2D eigenvalue weighted by Gasteiger charge is -2.07. The Morgan fingerprint density at radius 3 is 2.92 bits per heavy atom. The molecule has 0 fully saturated rings. The summed E-state index contributed by atoms with van der Waals surface area (Å²) < 4.78 is 0. The molecule has 1 nitrogen and oxygen atoms in total. The summed E-state index contributed by atoms with van der Waals surface area (Å²) in [6, 6.07) is 3.96. The molecule has 0 bridgehead atoms. The topological polar surface area (TPSA) is 12.9 Å². The Morgan fingerprint density at radius 2 is 2.33 bits per heavy atom. The quantitative estimate of drug-likeness (QED) is 0.656. The van der Waals surface area contributed by atoms with Crippen LogP contribution < -0.4 is 0 Å². The zero-order valence-corrected chi connectivity index (χ0v) is 8.30. The van der Waals surface area contributed by atoms with Gasteiger partial charge in [-0.1, -0.05) is 31.9 Å². The van der Waals surface area contributed by atoms with Crippen LogP contribution in [0.5, 0.6) is 0 Å². The zero-order valence-electron chi connectivity index (χ0n) is 7.55. The molecular formula is C10H14ClN. The van der Waals surface area contributed by atoms with Gasteiger partial charge in [-0.15, -0.1) is 0 Å². The maximum Gasteiger partial charge on any atom is 0.129 e. The van der Waals surface area contributed by atoms with E-state index in [0.717, 1.165) is 12.3 Å². The zero-order chi connectivity index (χ0) is 8.97. The van der Waals surface area contributed by atoms with E-state index in [1.807, 2.05) is 12.1 Å². The summed E-state index contributed by atoms with van der Waals surface area (Å²) in [7, 11) is 0. The van der Waals surface area contributed by atoms with Crippen molar-refractivity contribution in [3.05, 3.63) is 29.0 Å². The number of pyridine rings is 1. The monoisotopic (exact) mass is 183 g/mol. The van der Waals surface area contributed by atoms with Crippen LogP contribution in [-0.2, 0) is 6.42 Å². The molecule has 1 unspecified atom stereocenters. The van der Waals surface area contributed by atoms with Gasteiger partial charge in [0, 0.05) is 6.20 Å². The Hall–Kier alpha value is -0.560. The van der Waals surface area contributed by atoms with Gasteiger partial charge >= 0.3 is 0 Å². The first-order chi connectivity index (χ1) is 5.72. The van der Waals surface area contributed by atoms with Crippen LogP contribution in [-0.4, -0.2) is 4.98 Å². The summed E-state index contributed by atoms with van der Waals surface area (Å²) in [5, 5.41) is 0.593. The van der Waals surface area contributed by atoms with E-state index in [1.165, 1.54) is 12.0 Å². The molecule has 1 heterocycles. The summed E-state index contributed by atoms with van der Waals surface area (Å²) in [6.45, 7) is 4.45. The van der Waals surface area contributed by atoms with Crippen molar-refractivity contribution in [1.82, 2.24) is 4.98 Å². The van der Waals surface area contributed by atoms with Crippen LogP contribution in [0.15, 0.2) is 18.3 Å². The van der Waals surface area contributed by atoms with Crippen LogP contribution in [0.1, 0.15) is 25.8 Å². The smallest absolute Gasteiger partial charge is 0.129 e. The second kappa shape index (κ2) is 4.46. The van der Waals surface area contributed by atoms with Gasteiger partial charge in [-0.2, -0.15) is 0 Å². The third-order valence-corrected chi connectivity index (χ3v) is 2.28. The number of aromatic nitrogens is 1. The fraction of sp³-hybridized carbons (Fsp3) is 0.500. The number of hydrogen-bond acceptors (Lipinski definition) is 1. The van der Waals surface area contributed by atoms with E-state index in [0.29, 0.717) is 5.15 Å². The molecule has 0 saturated heterocycles. The number of hydrogen-bond donors (Lipinski definition) is 0. The summed E-state index contributed by atoms with van der Waals surface area (Å²) >= 11 is 5.76. The highest BCUT2D eigenvalue weighted by Gasteiger charge is 2.01. The maximum absolute atomic E-state index is 5.76. The van der Waals surface area contributed by atoms with Gasteiger partial charge in [0.05, 0.1) is 0 Å². The molecule has 1 rings (SSSR count). The third kappa shape index (κ3) is 2.82. The molecule has 0 aliphatic rings. The molecule has 0 aliphatic carbocycles. The summed E-state index contributed by atoms with van der Waals surface area (Å²) in [6.07, 6.45) is 4.07. The van der Waals surface area contributed by atoms with Gasteiger partial charge in [0.25, 0.3) is 0 Å². The first-order valence-corrected chi connectivity index (χ1v) is 4.70. The fourth-order valence-corrected chi connectivity index (χ4v) is 1.31. The van der Waals surface area contributed by atoms with Gasteiger partial charge in [0.1, 0.15) is 5.15 Å².